The molecule has 4 fully saturated rings. The van der Waals surface area contributed by atoms with Crippen LogP contribution in [0, 0.1) is 46.3 Å². The maximum Gasteiger partial charge on any atom is 0.348 e. The fourth-order valence-corrected chi connectivity index (χ4v) is 13.2. The summed E-state index contributed by atoms with van der Waals surface area (Å²) in [4.78, 5) is 39.9. The zero-order chi connectivity index (χ0) is 39.5. The summed E-state index contributed by atoms with van der Waals surface area (Å²) in [6.45, 7) is 8.89. The molecule has 10 nitrogen and oxygen atoms in total. The number of nitrogens with zero attached hydrogens (tertiary/aromatic N) is 4. The summed E-state index contributed by atoms with van der Waals surface area (Å²) in [7, 11) is 1.47. The van der Waals surface area contributed by atoms with E-state index in [1.54, 1.807) is 0 Å². The van der Waals surface area contributed by atoms with Gasteiger partial charge in [0.25, 0.3) is 0 Å². The van der Waals surface area contributed by atoms with E-state index in [2.05, 4.69) is 66.3 Å². The number of carbonyl (C=O) groups excluding carboxylic acids is 3. The van der Waals surface area contributed by atoms with E-state index in [-0.39, 0.29) is 54.0 Å². The van der Waals surface area contributed by atoms with Crippen molar-refractivity contribution in [2.75, 3.05) is 7.11 Å². The summed E-state index contributed by atoms with van der Waals surface area (Å²) in [6.07, 6.45) is 21.1. The van der Waals surface area contributed by atoms with Crippen LogP contribution in [0.2, 0.25) is 0 Å². The first kappa shape index (κ1) is 38.1. The van der Waals surface area contributed by atoms with E-state index in [1.807, 2.05) is 46.6 Å². The van der Waals surface area contributed by atoms with Crippen molar-refractivity contribution >= 4 is 28.7 Å². The van der Waals surface area contributed by atoms with E-state index < -0.39 is 0 Å². The standard InChI is InChI=1S/C47H60N4O6/c1-31(11-16-42(52)55-4)38-14-15-39-37-13-12-35-23-36-17-18-46(35,2)40(37)24-41(47(38,39)3)57-44(54)28-51-22-20-49(30-51)26-34-10-6-8-32-7-5-9-33(45(32)34)25-48-19-21-50(29-48)27-43(53)56-36/h5-10,19-22,29-31,35-41H,11-18,23-28H2,1-4H3/q+2/t31-,35-,36-,37+,38-,39+,40+,41+,46+,47-/m1/s1. The molecule has 0 amide bonds. The molecule has 10 rings (SSSR count). The lowest BCUT2D eigenvalue weighted by Gasteiger charge is -2.62. The Balaban J connectivity index is 1.05. The third-order valence-corrected chi connectivity index (χ3v) is 16.0. The number of imidazole rings is 2. The Morgan fingerprint density at radius 2 is 1.53 bits per heavy atom. The highest BCUT2D eigenvalue weighted by atomic mass is 16.5. The van der Waals surface area contributed by atoms with Crippen molar-refractivity contribution < 1.29 is 37.7 Å². The highest BCUT2D eigenvalue weighted by molar-refractivity contribution is 5.88. The van der Waals surface area contributed by atoms with Crippen molar-refractivity contribution in [2.24, 2.45) is 46.3 Å². The van der Waals surface area contributed by atoms with Crippen LogP contribution < -0.4 is 9.13 Å². The monoisotopic (exact) mass is 776 g/mol. The van der Waals surface area contributed by atoms with E-state index >= 15 is 0 Å². The summed E-state index contributed by atoms with van der Waals surface area (Å²) in [5, 5.41) is 2.40. The maximum atomic E-state index is 14.2. The summed E-state index contributed by atoms with van der Waals surface area (Å²) >= 11 is 0. The summed E-state index contributed by atoms with van der Waals surface area (Å²) in [5.74, 6) is 2.06. The Labute approximate surface area is 336 Å². The van der Waals surface area contributed by atoms with Crippen molar-refractivity contribution in [1.82, 2.24) is 9.13 Å². The van der Waals surface area contributed by atoms with E-state index in [0.717, 1.165) is 51.4 Å². The quantitative estimate of drug-likeness (QED) is 0.129. The second-order valence-corrected chi connectivity index (χ2v) is 18.8. The first-order chi connectivity index (χ1) is 27.5. The summed E-state index contributed by atoms with van der Waals surface area (Å²) in [6, 6.07) is 12.9. The molecule has 10 atom stereocenters. The first-order valence-electron chi connectivity index (χ1n) is 21.6. The lowest BCUT2D eigenvalue weighted by Crippen LogP contribution is -2.59. The van der Waals surface area contributed by atoms with Crippen LogP contribution in [-0.2, 0) is 54.8 Å². The van der Waals surface area contributed by atoms with Crippen molar-refractivity contribution in [3.8, 4) is 0 Å². The summed E-state index contributed by atoms with van der Waals surface area (Å²) < 4.78 is 26.3. The van der Waals surface area contributed by atoms with Gasteiger partial charge in [-0.25, -0.2) is 27.9 Å². The molecule has 0 radical (unpaired) electrons. The van der Waals surface area contributed by atoms with E-state index in [4.69, 9.17) is 14.2 Å². The van der Waals surface area contributed by atoms with Gasteiger partial charge in [-0.2, -0.15) is 0 Å². The fraction of sp³-hybridized carbons (Fsp3) is 0.596. The Morgan fingerprint density at radius 3 is 2.19 bits per heavy atom. The highest BCUT2D eigenvalue weighted by Gasteiger charge is 2.65. The smallest absolute Gasteiger partial charge is 0.348 e. The lowest BCUT2D eigenvalue weighted by atomic mass is 9.43. The second-order valence-electron chi connectivity index (χ2n) is 18.8. The van der Waals surface area contributed by atoms with Gasteiger partial charge in [0.2, 0.25) is 12.7 Å². The molecule has 2 aliphatic heterocycles. The number of methoxy groups -OCH3 is 1. The number of hydrogen-bond acceptors (Lipinski definition) is 6. The number of carbonyl (C=O) groups is 3. The van der Waals surface area contributed by atoms with Crippen LogP contribution in [-0.4, -0.2) is 46.4 Å². The number of rotatable bonds is 4. The number of fused-ring (bicyclic) bond motifs is 7. The number of aromatic nitrogens is 4. The predicted octanol–water partition coefficient (Wildman–Crippen LogP) is 6.81. The molecule has 4 aromatic rings. The van der Waals surface area contributed by atoms with Gasteiger partial charge in [-0.3, -0.25) is 4.79 Å². The molecule has 302 valence electrons. The van der Waals surface area contributed by atoms with Crippen LogP contribution in [0.25, 0.3) is 10.8 Å². The van der Waals surface area contributed by atoms with Crippen LogP contribution in [0.4, 0.5) is 0 Å². The van der Waals surface area contributed by atoms with Crippen molar-refractivity contribution in [1.29, 1.82) is 0 Å². The summed E-state index contributed by atoms with van der Waals surface area (Å²) in [5.41, 5.74) is 2.32. The SMILES string of the molecule is COC(=O)CC[C@@H](C)[C@H]1CC[C@H]2[C@@H]3CC[C@@H]4C[C@H]5CC[C@]4(C)[C@H]3C[C@H](OC(=O)Cn3cc[n+](c3)Cc3cccc4cccc(c34)C[n+]3ccn(c3)CC(=O)O5)[C@]12C. The molecule has 2 aromatic carbocycles. The van der Waals surface area contributed by atoms with Gasteiger partial charge in [0.15, 0.2) is 13.1 Å². The van der Waals surface area contributed by atoms with Crippen LogP contribution in [0.1, 0.15) is 96.1 Å². The topological polar surface area (TPSA) is 96.5 Å². The highest BCUT2D eigenvalue weighted by Crippen LogP contribution is 2.69. The van der Waals surface area contributed by atoms with Crippen LogP contribution in [0.5, 0.6) is 0 Å². The number of benzene rings is 2. The zero-order valence-electron chi connectivity index (χ0n) is 34.2. The Bertz CT molecular complexity index is 2150. The molecule has 2 aromatic heterocycles. The molecule has 4 saturated carbocycles. The zero-order valence-corrected chi connectivity index (χ0v) is 34.2. The van der Waals surface area contributed by atoms with Gasteiger partial charge in [-0.15, -0.1) is 0 Å². The molecule has 0 saturated heterocycles. The molecule has 4 heterocycles. The van der Waals surface area contributed by atoms with Crippen LogP contribution in [0.15, 0.2) is 73.8 Å². The number of esters is 3. The molecule has 57 heavy (non-hydrogen) atoms. The molecular formula is C47H60N4O6+2. The van der Waals surface area contributed by atoms with Gasteiger partial charge in [0.1, 0.15) is 50.1 Å². The van der Waals surface area contributed by atoms with Crippen molar-refractivity contribution in [2.45, 2.75) is 123 Å². The molecular weight excluding hydrogens is 717 g/mol. The average Bonchev–Trinajstić information content (AvgIpc) is 3.92. The maximum absolute atomic E-state index is 14.2. The molecule has 9 bridgehead atoms. The van der Waals surface area contributed by atoms with Crippen molar-refractivity contribution in [3.05, 3.63) is 85.0 Å². The lowest BCUT2D eigenvalue weighted by molar-refractivity contribution is -0.688. The third-order valence-electron chi connectivity index (χ3n) is 16.0. The number of hydrogen-bond donors (Lipinski definition) is 0. The molecule has 0 N–H and O–H groups in total. The Kier molecular flexibility index (Phi) is 10.0. The Hall–Kier alpha value is -4.47. The molecule has 4 aliphatic carbocycles. The van der Waals surface area contributed by atoms with E-state index in [1.165, 1.54) is 35.4 Å². The van der Waals surface area contributed by atoms with Gasteiger partial charge in [-0.1, -0.05) is 57.2 Å². The van der Waals surface area contributed by atoms with E-state index in [9.17, 15) is 14.4 Å². The minimum atomic E-state index is -0.206. The molecule has 10 heteroatoms. The predicted molar refractivity (Wildman–Crippen MR) is 212 cm³/mol. The van der Waals surface area contributed by atoms with Crippen LogP contribution in [0.3, 0.4) is 0 Å². The largest absolute Gasteiger partial charge is 0.469 e. The number of ether oxygens (including phenoxy) is 3. The van der Waals surface area contributed by atoms with Gasteiger partial charge < -0.3 is 14.2 Å². The van der Waals surface area contributed by atoms with Crippen molar-refractivity contribution in [3.63, 3.8) is 0 Å². The molecule has 0 unspecified atom stereocenters. The molecule has 6 aliphatic rings. The first-order valence-corrected chi connectivity index (χ1v) is 21.6. The van der Waals surface area contributed by atoms with Gasteiger partial charge in [0, 0.05) is 23.0 Å². The van der Waals surface area contributed by atoms with Gasteiger partial charge in [-0.05, 0) is 109 Å². The minimum absolute atomic E-state index is 0.0761. The van der Waals surface area contributed by atoms with Crippen LogP contribution >= 0.6 is 0 Å². The minimum Gasteiger partial charge on any atom is -0.469 e. The normalized spacial score (nSPS) is 33.2. The van der Waals surface area contributed by atoms with Gasteiger partial charge >= 0.3 is 17.9 Å². The average molecular weight is 777 g/mol. The Morgan fingerprint density at radius 1 is 0.860 bits per heavy atom. The molecule has 0 spiro atoms. The fourth-order valence-electron chi connectivity index (χ4n) is 13.2. The second kappa shape index (κ2) is 15.0. The third kappa shape index (κ3) is 6.98. The van der Waals surface area contributed by atoms with E-state index in [0.29, 0.717) is 55.0 Å². The van der Waals surface area contributed by atoms with Gasteiger partial charge in [0.05, 0.1) is 7.11 Å².